The van der Waals surface area contributed by atoms with Gasteiger partial charge in [-0.2, -0.15) is 5.10 Å². The average Bonchev–Trinajstić information content (AvgIpc) is 2.76. The summed E-state index contributed by atoms with van der Waals surface area (Å²) in [5, 5.41) is 7.62. The van der Waals surface area contributed by atoms with Crippen LogP contribution >= 0.6 is 0 Å². The van der Waals surface area contributed by atoms with Crippen molar-refractivity contribution in [3.63, 3.8) is 0 Å². The van der Waals surface area contributed by atoms with Crippen LogP contribution in [0.2, 0.25) is 0 Å². The van der Waals surface area contributed by atoms with Gasteiger partial charge in [-0.1, -0.05) is 26.0 Å². The monoisotopic (exact) mass is 261 g/mol. The van der Waals surface area contributed by atoms with Crippen LogP contribution in [0.1, 0.15) is 36.6 Å². The molecule has 19 heavy (non-hydrogen) atoms. The van der Waals surface area contributed by atoms with E-state index in [0.717, 1.165) is 12.1 Å². The van der Waals surface area contributed by atoms with Crippen molar-refractivity contribution in [3.05, 3.63) is 53.1 Å². The van der Waals surface area contributed by atoms with Crippen LogP contribution in [0.5, 0.6) is 0 Å². The van der Waals surface area contributed by atoms with Crippen LogP contribution in [0.15, 0.2) is 30.5 Å². The van der Waals surface area contributed by atoms with Crippen LogP contribution in [0.3, 0.4) is 0 Å². The molecule has 2 rings (SSSR count). The molecular weight excluding hydrogens is 241 g/mol. The Morgan fingerprint density at radius 1 is 1.26 bits per heavy atom. The summed E-state index contributed by atoms with van der Waals surface area (Å²) in [4.78, 5) is 0. The fourth-order valence-corrected chi connectivity index (χ4v) is 2.32. The van der Waals surface area contributed by atoms with E-state index in [1.807, 2.05) is 17.9 Å². The minimum absolute atomic E-state index is 0.204. The smallest absolute Gasteiger partial charge is 0.123 e. The number of aromatic nitrogens is 2. The molecule has 0 aliphatic carbocycles. The van der Waals surface area contributed by atoms with Crippen molar-refractivity contribution >= 4 is 0 Å². The first-order chi connectivity index (χ1) is 9.11. The van der Waals surface area contributed by atoms with Gasteiger partial charge < -0.3 is 5.32 Å². The summed E-state index contributed by atoms with van der Waals surface area (Å²) in [6.45, 7) is 5.82. The van der Waals surface area contributed by atoms with E-state index < -0.39 is 0 Å². The number of hydrogen-bond acceptors (Lipinski definition) is 2. The van der Waals surface area contributed by atoms with Crippen LogP contribution in [0.25, 0.3) is 0 Å². The molecular formula is C15H20FN3. The topological polar surface area (TPSA) is 29.9 Å². The maximum Gasteiger partial charge on any atom is 0.123 e. The molecule has 4 heteroatoms. The van der Waals surface area contributed by atoms with Crippen molar-refractivity contribution in [2.45, 2.75) is 32.9 Å². The largest absolute Gasteiger partial charge is 0.316 e. The predicted molar refractivity (Wildman–Crippen MR) is 74.6 cm³/mol. The van der Waals surface area contributed by atoms with E-state index in [0.29, 0.717) is 12.5 Å². The molecule has 3 nitrogen and oxygen atoms in total. The average molecular weight is 261 g/mol. The lowest BCUT2D eigenvalue weighted by molar-refractivity contribution is 0.605. The lowest BCUT2D eigenvalue weighted by Gasteiger charge is -2.13. The SMILES string of the molecule is CNCc1cnn(Cc2ccc(F)cc2)c1C(C)C. The Kier molecular flexibility index (Phi) is 4.32. The molecule has 0 radical (unpaired) electrons. The first kappa shape index (κ1) is 13.7. The Morgan fingerprint density at radius 3 is 2.53 bits per heavy atom. The molecule has 0 unspecified atom stereocenters. The second-order valence-electron chi connectivity index (χ2n) is 5.02. The summed E-state index contributed by atoms with van der Waals surface area (Å²) >= 11 is 0. The fraction of sp³-hybridized carbons (Fsp3) is 0.400. The van der Waals surface area contributed by atoms with Gasteiger partial charge in [-0.25, -0.2) is 4.39 Å². The second kappa shape index (κ2) is 5.97. The number of halogens is 1. The van der Waals surface area contributed by atoms with Gasteiger partial charge in [0.25, 0.3) is 0 Å². The Bertz CT molecular complexity index is 529. The van der Waals surface area contributed by atoms with E-state index in [1.54, 1.807) is 12.1 Å². The maximum absolute atomic E-state index is 12.9. The lowest BCUT2D eigenvalue weighted by atomic mass is 10.1. The highest BCUT2D eigenvalue weighted by Gasteiger charge is 2.13. The van der Waals surface area contributed by atoms with Gasteiger partial charge in [0.15, 0.2) is 0 Å². The molecule has 1 heterocycles. The highest BCUT2D eigenvalue weighted by atomic mass is 19.1. The summed E-state index contributed by atoms with van der Waals surface area (Å²) in [6.07, 6.45) is 1.91. The molecule has 0 saturated carbocycles. The van der Waals surface area contributed by atoms with Gasteiger partial charge in [0.2, 0.25) is 0 Å². The molecule has 102 valence electrons. The van der Waals surface area contributed by atoms with Gasteiger partial charge in [-0.05, 0) is 30.7 Å². The maximum atomic E-state index is 12.9. The van der Waals surface area contributed by atoms with Crippen LogP contribution in [0, 0.1) is 5.82 Å². The normalized spacial score (nSPS) is 11.2. The molecule has 0 aliphatic rings. The quantitative estimate of drug-likeness (QED) is 0.897. The highest BCUT2D eigenvalue weighted by molar-refractivity contribution is 5.23. The molecule has 1 N–H and O–H groups in total. The molecule has 0 saturated heterocycles. The molecule has 0 amide bonds. The van der Waals surface area contributed by atoms with Gasteiger partial charge in [0.05, 0.1) is 12.7 Å². The zero-order valence-corrected chi connectivity index (χ0v) is 11.7. The van der Waals surface area contributed by atoms with E-state index >= 15 is 0 Å². The van der Waals surface area contributed by atoms with Gasteiger partial charge in [0.1, 0.15) is 5.82 Å². The molecule has 0 fully saturated rings. The van der Waals surface area contributed by atoms with Crippen molar-refractivity contribution < 1.29 is 4.39 Å². The first-order valence-corrected chi connectivity index (χ1v) is 6.55. The van der Waals surface area contributed by atoms with E-state index in [1.165, 1.54) is 23.4 Å². The first-order valence-electron chi connectivity index (χ1n) is 6.55. The Labute approximate surface area is 113 Å². The predicted octanol–water partition coefficient (Wildman–Crippen LogP) is 2.91. The summed E-state index contributed by atoms with van der Waals surface area (Å²) < 4.78 is 14.9. The van der Waals surface area contributed by atoms with Crippen LogP contribution < -0.4 is 5.32 Å². The fourth-order valence-electron chi connectivity index (χ4n) is 2.32. The summed E-state index contributed by atoms with van der Waals surface area (Å²) in [7, 11) is 1.93. The van der Waals surface area contributed by atoms with E-state index in [2.05, 4.69) is 24.3 Å². The standard InChI is InChI=1S/C15H20FN3/c1-11(2)15-13(8-17-3)9-18-19(15)10-12-4-6-14(16)7-5-12/h4-7,9,11,17H,8,10H2,1-3H3. The third kappa shape index (κ3) is 3.20. The molecule has 1 aromatic carbocycles. The molecule has 0 bridgehead atoms. The van der Waals surface area contributed by atoms with Crippen molar-refractivity contribution in [2.75, 3.05) is 7.05 Å². The zero-order chi connectivity index (χ0) is 13.8. The third-order valence-corrected chi connectivity index (χ3v) is 3.12. The summed E-state index contributed by atoms with van der Waals surface area (Å²) in [6, 6.07) is 6.59. The van der Waals surface area contributed by atoms with E-state index in [-0.39, 0.29) is 5.82 Å². The van der Waals surface area contributed by atoms with Gasteiger partial charge in [0, 0.05) is 17.8 Å². The van der Waals surface area contributed by atoms with Crippen molar-refractivity contribution in [1.82, 2.24) is 15.1 Å². The number of benzene rings is 1. The van der Waals surface area contributed by atoms with Crippen molar-refractivity contribution in [1.29, 1.82) is 0 Å². The van der Waals surface area contributed by atoms with Gasteiger partial charge in [-0.15, -0.1) is 0 Å². The minimum atomic E-state index is -0.204. The van der Waals surface area contributed by atoms with Gasteiger partial charge in [-0.3, -0.25) is 4.68 Å². The number of nitrogens with zero attached hydrogens (tertiary/aromatic N) is 2. The molecule has 2 aromatic rings. The van der Waals surface area contributed by atoms with E-state index in [4.69, 9.17) is 0 Å². The van der Waals surface area contributed by atoms with Crippen molar-refractivity contribution in [3.8, 4) is 0 Å². The summed E-state index contributed by atoms with van der Waals surface area (Å²) in [5.41, 5.74) is 3.51. The second-order valence-corrected chi connectivity index (χ2v) is 5.02. The van der Waals surface area contributed by atoms with Crippen molar-refractivity contribution in [2.24, 2.45) is 0 Å². The summed E-state index contributed by atoms with van der Waals surface area (Å²) in [5.74, 6) is 0.204. The molecule has 1 aromatic heterocycles. The number of nitrogens with one attached hydrogen (secondary N) is 1. The van der Waals surface area contributed by atoms with Crippen LogP contribution in [-0.2, 0) is 13.1 Å². The third-order valence-electron chi connectivity index (χ3n) is 3.12. The molecule has 0 spiro atoms. The number of hydrogen-bond donors (Lipinski definition) is 1. The highest BCUT2D eigenvalue weighted by Crippen LogP contribution is 2.20. The Balaban J connectivity index is 2.26. The lowest BCUT2D eigenvalue weighted by Crippen LogP contribution is -2.12. The number of rotatable bonds is 5. The van der Waals surface area contributed by atoms with Crippen LogP contribution in [0.4, 0.5) is 4.39 Å². The van der Waals surface area contributed by atoms with Gasteiger partial charge >= 0.3 is 0 Å². The zero-order valence-electron chi connectivity index (χ0n) is 11.7. The Morgan fingerprint density at radius 2 is 1.95 bits per heavy atom. The Hall–Kier alpha value is -1.68. The van der Waals surface area contributed by atoms with E-state index in [9.17, 15) is 4.39 Å². The molecule has 0 aliphatic heterocycles. The molecule has 0 atom stereocenters. The minimum Gasteiger partial charge on any atom is -0.316 e. The van der Waals surface area contributed by atoms with Crippen LogP contribution in [-0.4, -0.2) is 16.8 Å².